The third kappa shape index (κ3) is 4.07. The molecule has 1 aromatic heterocycles. The lowest BCUT2D eigenvalue weighted by molar-refractivity contribution is 0.0961. The molecular formula is C15H17ClFN3O3. The number of carbonyl (C=O) groups excluding carboxylic acids is 1. The van der Waals surface area contributed by atoms with Crippen molar-refractivity contribution in [3.05, 3.63) is 51.4 Å². The van der Waals surface area contributed by atoms with E-state index in [0.29, 0.717) is 5.70 Å². The van der Waals surface area contributed by atoms with Gasteiger partial charge in [-0.15, -0.1) is 0 Å². The number of hydrogen-bond acceptors (Lipinski definition) is 4. The quantitative estimate of drug-likeness (QED) is 0.649. The number of halogens is 2. The normalized spacial score (nSPS) is 12.8. The number of nitrogens with zero attached hydrogens (tertiary/aromatic N) is 2. The molecule has 0 aromatic carbocycles. The van der Waals surface area contributed by atoms with E-state index in [2.05, 4.69) is 10.3 Å². The molecule has 0 unspecified atom stereocenters. The molecular weight excluding hydrogens is 325 g/mol. The van der Waals surface area contributed by atoms with Crippen molar-refractivity contribution in [1.29, 1.82) is 0 Å². The molecule has 0 aliphatic heterocycles. The Morgan fingerprint density at radius 3 is 2.57 bits per heavy atom. The number of pyridine rings is 1. The standard InChI is InChI=1S/C15H17ClFN3O3/c1-5-9(6-7-10(16)18-3)19-14(22)11-13(21)12(17)8(2)20(4)15(11)23/h5-7,21H,1-4H3,(H,19,22)/b7-6-,9-5?,18-10+. The first kappa shape index (κ1) is 18.6. The van der Waals surface area contributed by atoms with Crippen LogP contribution in [0.3, 0.4) is 0 Å². The molecule has 6 nitrogen and oxygen atoms in total. The highest BCUT2D eigenvalue weighted by molar-refractivity contribution is 6.68. The molecule has 0 saturated heterocycles. The van der Waals surface area contributed by atoms with Crippen molar-refractivity contribution in [2.45, 2.75) is 13.8 Å². The first-order valence-corrected chi connectivity index (χ1v) is 6.98. The van der Waals surface area contributed by atoms with Gasteiger partial charge in [0.05, 0.1) is 5.69 Å². The van der Waals surface area contributed by atoms with Gasteiger partial charge in [-0.1, -0.05) is 17.7 Å². The molecule has 2 N–H and O–H groups in total. The molecule has 0 saturated carbocycles. The molecule has 0 radical (unpaired) electrons. The van der Waals surface area contributed by atoms with Crippen LogP contribution in [0.5, 0.6) is 5.75 Å². The summed E-state index contributed by atoms with van der Waals surface area (Å²) in [5, 5.41) is 12.4. The maximum atomic E-state index is 13.9. The van der Waals surface area contributed by atoms with Crippen LogP contribution in [0.2, 0.25) is 0 Å². The van der Waals surface area contributed by atoms with Gasteiger partial charge in [0, 0.05) is 19.8 Å². The SMILES string of the molecule is CC=C(/C=C\C(Cl)=N/C)NC(=O)c1c(O)c(F)c(C)n(C)c1=O. The molecule has 0 aliphatic rings. The number of nitrogens with one attached hydrogen (secondary N) is 1. The second-order valence-electron chi connectivity index (χ2n) is 4.56. The molecule has 1 amide bonds. The van der Waals surface area contributed by atoms with Crippen LogP contribution < -0.4 is 10.9 Å². The number of rotatable bonds is 4. The maximum absolute atomic E-state index is 13.9. The molecule has 124 valence electrons. The van der Waals surface area contributed by atoms with Crippen LogP contribution in [0.25, 0.3) is 0 Å². The van der Waals surface area contributed by atoms with E-state index in [9.17, 15) is 19.1 Å². The van der Waals surface area contributed by atoms with Gasteiger partial charge in [0.1, 0.15) is 10.7 Å². The topological polar surface area (TPSA) is 83.7 Å². The van der Waals surface area contributed by atoms with Gasteiger partial charge in [-0.05, 0) is 26.0 Å². The first-order valence-electron chi connectivity index (χ1n) is 6.60. The number of allylic oxidation sites excluding steroid dienone is 3. The van der Waals surface area contributed by atoms with E-state index >= 15 is 0 Å². The smallest absolute Gasteiger partial charge is 0.267 e. The molecule has 8 heteroatoms. The van der Waals surface area contributed by atoms with Gasteiger partial charge in [-0.2, -0.15) is 0 Å². The minimum atomic E-state index is -1.02. The van der Waals surface area contributed by atoms with Crippen LogP contribution in [0.15, 0.2) is 33.7 Å². The fraction of sp³-hybridized carbons (Fsp3) is 0.267. The third-order valence-corrected chi connectivity index (χ3v) is 3.49. The number of aromatic hydroxyl groups is 1. The van der Waals surface area contributed by atoms with Crippen LogP contribution in [-0.2, 0) is 7.05 Å². The Kier molecular flexibility index (Phi) is 6.27. The number of amides is 1. The van der Waals surface area contributed by atoms with Gasteiger partial charge in [-0.3, -0.25) is 14.6 Å². The molecule has 1 rings (SSSR count). The molecule has 23 heavy (non-hydrogen) atoms. The Hall–Kier alpha value is -2.41. The Balaban J connectivity index is 3.22. The second-order valence-corrected chi connectivity index (χ2v) is 4.95. The summed E-state index contributed by atoms with van der Waals surface area (Å²) in [6, 6.07) is 0. The summed E-state index contributed by atoms with van der Waals surface area (Å²) in [5.41, 5.74) is -1.23. The number of hydrogen-bond donors (Lipinski definition) is 2. The van der Waals surface area contributed by atoms with Gasteiger partial charge < -0.3 is 15.0 Å². The first-order chi connectivity index (χ1) is 10.7. The van der Waals surface area contributed by atoms with Crippen molar-refractivity contribution < 1.29 is 14.3 Å². The fourth-order valence-electron chi connectivity index (χ4n) is 1.69. The largest absolute Gasteiger partial charge is 0.504 e. The molecule has 0 spiro atoms. The Labute approximate surface area is 137 Å². The predicted molar refractivity (Wildman–Crippen MR) is 87.6 cm³/mol. The molecule has 1 aromatic rings. The highest BCUT2D eigenvalue weighted by Crippen LogP contribution is 2.20. The van der Waals surface area contributed by atoms with Crippen molar-refractivity contribution in [1.82, 2.24) is 9.88 Å². The second kappa shape index (κ2) is 7.73. The van der Waals surface area contributed by atoms with Crippen LogP contribution >= 0.6 is 11.6 Å². The summed E-state index contributed by atoms with van der Waals surface area (Å²) in [4.78, 5) is 28.0. The fourth-order valence-corrected chi connectivity index (χ4v) is 1.75. The summed E-state index contributed by atoms with van der Waals surface area (Å²) in [6.07, 6.45) is 4.43. The van der Waals surface area contributed by atoms with E-state index in [4.69, 9.17) is 11.6 Å². The van der Waals surface area contributed by atoms with Crippen molar-refractivity contribution >= 4 is 22.7 Å². The third-order valence-electron chi connectivity index (χ3n) is 3.19. The molecule has 1 heterocycles. The molecule has 0 aliphatic carbocycles. The zero-order valence-corrected chi connectivity index (χ0v) is 13.9. The average molecular weight is 342 g/mol. The van der Waals surface area contributed by atoms with Crippen molar-refractivity contribution in [2.24, 2.45) is 12.0 Å². The highest BCUT2D eigenvalue weighted by Gasteiger charge is 2.23. The van der Waals surface area contributed by atoms with E-state index < -0.39 is 28.6 Å². The summed E-state index contributed by atoms with van der Waals surface area (Å²) in [5.74, 6) is -2.92. The summed E-state index contributed by atoms with van der Waals surface area (Å²) >= 11 is 5.71. The minimum Gasteiger partial charge on any atom is -0.504 e. The van der Waals surface area contributed by atoms with E-state index in [1.165, 1.54) is 33.2 Å². The highest BCUT2D eigenvalue weighted by atomic mass is 35.5. The van der Waals surface area contributed by atoms with E-state index in [1.807, 2.05) is 0 Å². The zero-order chi connectivity index (χ0) is 17.7. The Morgan fingerprint density at radius 1 is 1.43 bits per heavy atom. The van der Waals surface area contributed by atoms with Gasteiger partial charge in [0.25, 0.3) is 11.5 Å². The van der Waals surface area contributed by atoms with Gasteiger partial charge >= 0.3 is 0 Å². The van der Waals surface area contributed by atoms with Crippen molar-refractivity contribution in [3.8, 4) is 5.75 Å². The molecule has 0 fully saturated rings. The van der Waals surface area contributed by atoms with E-state index in [1.54, 1.807) is 13.0 Å². The van der Waals surface area contributed by atoms with Crippen LogP contribution in [0, 0.1) is 12.7 Å². The average Bonchev–Trinajstić information content (AvgIpc) is 2.54. The number of aromatic nitrogens is 1. The van der Waals surface area contributed by atoms with Crippen LogP contribution in [0.1, 0.15) is 23.0 Å². The van der Waals surface area contributed by atoms with Gasteiger partial charge in [0.2, 0.25) is 0 Å². The summed E-state index contributed by atoms with van der Waals surface area (Å²) in [6.45, 7) is 2.97. The Morgan fingerprint density at radius 2 is 2.04 bits per heavy atom. The maximum Gasteiger partial charge on any atom is 0.267 e. The monoisotopic (exact) mass is 341 g/mol. The predicted octanol–water partition coefficient (Wildman–Crippen LogP) is 2.00. The van der Waals surface area contributed by atoms with Gasteiger partial charge in [0.15, 0.2) is 11.6 Å². The van der Waals surface area contributed by atoms with Crippen molar-refractivity contribution in [3.63, 3.8) is 0 Å². The van der Waals surface area contributed by atoms with Crippen molar-refractivity contribution in [2.75, 3.05) is 7.05 Å². The van der Waals surface area contributed by atoms with Crippen LogP contribution in [0.4, 0.5) is 4.39 Å². The van der Waals surface area contributed by atoms with Crippen LogP contribution in [-0.4, -0.2) is 27.8 Å². The lowest BCUT2D eigenvalue weighted by atomic mass is 10.2. The number of carbonyl (C=O) groups is 1. The summed E-state index contributed by atoms with van der Waals surface area (Å²) in [7, 11) is 2.81. The van der Waals surface area contributed by atoms with E-state index in [0.717, 1.165) is 4.57 Å². The minimum absolute atomic E-state index is 0.0684. The number of aliphatic imine (C=N–C) groups is 1. The molecule has 0 atom stereocenters. The lowest BCUT2D eigenvalue weighted by Crippen LogP contribution is -2.33. The Bertz CT molecular complexity index is 779. The molecule has 0 bridgehead atoms. The zero-order valence-electron chi connectivity index (χ0n) is 13.1. The lowest BCUT2D eigenvalue weighted by Gasteiger charge is -2.11. The van der Waals surface area contributed by atoms with E-state index in [-0.39, 0.29) is 10.9 Å². The van der Waals surface area contributed by atoms with Gasteiger partial charge in [-0.25, -0.2) is 4.39 Å². The summed E-state index contributed by atoms with van der Waals surface area (Å²) < 4.78 is 14.8.